The maximum Gasteiger partial charge on any atom is 0.125 e. The average Bonchev–Trinajstić information content (AvgIpc) is 2.49. The number of nitrogens with zero attached hydrogens (tertiary/aromatic N) is 1. The van der Waals surface area contributed by atoms with Crippen LogP contribution < -0.4 is 5.32 Å². The summed E-state index contributed by atoms with van der Waals surface area (Å²) < 4.78 is 19.3. The van der Waals surface area contributed by atoms with Crippen molar-refractivity contribution >= 4 is 36.4 Å². The third-order valence-corrected chi connectivity index (χ3v) is 4.70. The third-order valence-electron chi connectivity index (χ3n) is 4.48. The van der Waals surface area contributed by atoms with Gasteiger partial charge < -0.3 is 10.1 Å². The number of rotatable bonds is 3. The van der Waals surface area contributed by atoms with Crippen LogP contribution in [-0.4, -0.2) is 44.3 Å². The Hall–Kier alpha value is -0.100. The highest BCUT2D eigenvalue weighted by molar-refractivity contribution is 6.30. The number of hydrogen-bond donors (Lipinski definition) is 1. The zero-order valence-electron chi connectivity index (χ0n) is 13.0. The van der Waals surface area contributed by atoms with Crippen LogP contribution in [0.4, 0.5) is 4.39 Å². The first kappa shape index (κ1) is 20.9. The number of hydrogen-bond acceptors (Lipinski definition) is 3. The maximum absolute atomic E-state index is 13.8. The van der Waals surface area contributed by atoms with Gasteiger partial charge in [0.15, 0.2) is 0 Å². The number of nitrogens with one attached hydrogen (secondary N) is 1. The second-order valence-corrected chi connectivity index (χ2v) is 6.32. The van der Waals surface area contributed by atoms with Crippen molar-refractivity contribution in [2.75, 3.05) is 39.4 Å². The van der Waals surface area contributed by atoms with E-state index in [4.69, 9.17) is 16.3 Å². The molecule has 0 unspecified atom stereocenters. The molecule has 2 aliphatic heterocycles. The Morgan fingerprint density at radius 2 is 1.78 bits per heavy atom. The van der Waals surface area contributed by atoms with Gasteiger partial charge in [0.05, 0.1) is 0 Å². The van der Waals surface area contributed by atoms with Crippen LogP contribution in [0, 0.1) is 11.7 Å². The van der Waals surface area contributed by atoms with Crippen molar-refractivity contribution in [1.82, 2.24) is 10.2 Å². The fourth-order valence-corrected chi connectivity index (χ4v) is 3.75. The van der Waals surface area contributed by atoms with E-state index in [0.29, 0.717) is 10.9 Å². The molecule has 0 spiro atoms. The molecule has 0 bridgehead atoms. The number of benzene rings is 1. The molecule has 1 atom stereocenters. The zero-order chi connectivity index (χ0) is 14.7. The van der Waals surface area contributed by atoms with Crippen molar-refractivity contribution in [2.24, 2.45) is 5.92 Å². The molecule has 2 saturated heterocycles. The molecule has 7 heteroatoms. The molecule has 2 fully saturated rings. The summed E-state index contributed by atoms with van der Waals surface area (Å²) in [4.78, 5) is 2.47. The number of piperazine rings is 1. The summed E-state index contributed by atoms with van der Waals surface area (Å²) in [6.45, 7) is 5.57. The van der Waals surface area contributed by atoms with Crippen LogP contribution in [0.3, 0.4) is 0 Å². The predicted octanol–water partition coefficient (Wildman–Crippen LogP) is 3.70. The van der Waals surface area contributed by atoms with Crippen LogP contribution in [0.1, 0.15) is 24.4 Å². The Morgan fingerprint density at radius 3 is 2.39 bits per heavy atom. The first-order valence-electron chi connectivity index (χ1n) is 7.72. The second-order valence-electron chi connectivity index (χ2n) is 5.88. The van der Waals surface area contributed by atoms with E-state index in [1.807, 2.05) is 6.07 Å². The van der Waals surface area contributed by atoms with Gasteiger partial charge in [0.1, 0.15) is 5.82 Å². The molecule has 0 saturated carbocycles. The minimum Gasteiger partial charge on any atom is -0.381 e. The quantitative estimate of drug-likeness (QED) is 0.858. The van der Waals surface area contributed by atoms with Crippen molar-refractivity contribution in [3.63, 3.8) is 0 Å². The lowest BCUT2D eigenvalue weighted by Gasteiger charge is -2.41. The Kier molecular flexibility index (Phi) is 9.12. The summed E-state index contributed by atoms with van der Waals surface area (Å²) in [5, 5.41) is 3.86. The van der Waals surface area contributed by atoms with E-state index in [9.17, 15) is 4.39 Å². The molecule has 1 aromatic rings. The van der Waals surface area contributed by atoms with Gasteiger partial charge in [-0.25, -0.2) is 4.39 Å². The summed E-state index contributed by atoms with van der Waals surface area (Å²) in [6.07, 6.45) is 2.06. The summed E-state index contributed by atoms with van der Waals surface area (Å²) in [5.74, 6) is 0.263. The Bertz CT molecular complexity index is 442. The van der Waals surface area contributed by atoms with Crippen molar-refractivity contribution in [1.29, 1.82) is 0 Å². The fourth-order valence-electron chi connectivity index (χ4n) is 3.52. The number of ether oxygens (including phenoxy) is 1. The zero-order valence-corrected chi connectivity index (χ0v) is 15.4. The molecule has 3 nitrogen and oxygen atoms in total. The summed E-state index contributed by atoms with van der Waals surface area (Å²) >= 11 is 6.08. The minimum atomic E-state index is -0.246. The summed E-state index contributed by atoms with van der Waals surface area (Å²) in [6, 6.07) is 5.19. The van der Waals surface area contributed by atoms with E-state index in [-0.39, 0.29) is 36.7 Å². The first-order chi connectivity index (χ1) is 10.2. The lowest BCUT2D eigenvalue weighted by atomic mass is 9.85. The molecule has 1 N–H and O–H groups in total. The van der Waals surface area contributed by atoms with Crippen molar-refractivity contribution in [3.05, 3.63) is 34.6 Å². The molecule has 0 radical (unpaired) electrons. The van der Waals surface area contributed by atoms with E-state index in [1.54, 1.807) is 6.07 Å². The molecule has 0 aliphatic carbocycles. The molecule has 0 aromatic heterocycles. The molecule has 1 aromatic carbocycles. The van der Waals surface area contributed by atoms with Gasteiger partial charge in [0, 0.05) is 50.5 Å². The Labute approximate surface area is 154 Å². The van der Waals surface area contributed by atoms with Gasteiger partial charge in [-0.2, -0.15) is 0 Å². The highest BCUT2D eigenvalue weighted by Gasteiger charge is 2.31. The van der Waals surface area contributed by atoms with Gasteiger partial charge in [-0.3, -0.25) is 4.90 Å². The van der Waals surface area contributed by atoms with Crippen molar-refractivity contribution in [2.45, 2.75) is 18.9 Å². The predicted molar refractivity (Wildman–Crippen MR) is 96.6 cm³/mol. The smallest absolute Gasteiger partial charge is 0.125 e. The molecule has 23 heavy (non-hydrogen) atoms. The van der Waals surface area contributed by atoms with Gasteiger partial charge in [0.25, 0.3) is 0 Å². The fraction of sp³-hybridized carbons (Fsp3) is 0.625. The van der Waals surface area contributed by atoms with Crippen LogP contribution in [-0.2, 0) is 4.74 Å². The second kappa shape index (κ2) is 10.0. The van der Waals surface area contributed by atoms with Crippen molar-refractivity contribution < 1.29 is 9.13 Å². The molecular formula is C16H24Cl3FN2O. The minimum absolute atomic E-state index is 0. The molecule has 0 amide bonds. The van der Waals surface area contributed by atoms with Crippen LogP contribution in [0.2, 0.25) is 5.02 Å². The summed E-state index contributed by atoms with van der Waals surface area (Å²) in [5.41, 5.74) is 1.01. The van der Waals surface area contributed by atoms with E-state index in [0.717, 1.165) is 57.8 Å². The molecule has 132 valence electrons. The van der Waals surface area contributed by atoms with E-state index in [1.165, 1.54) is 6.07 Å². The highest BCUT2D eigenvalue weighted by Crippen LogP contribution is 2.36. The van der Waals surface area contributed by atoms with Gasteiger partial charge >= 0.3 is 0 Å². The Morgan fingerprint density at radius 1 is 1.13 bits per heavy atom. The normalized spacial score (nSPS) is 21.1. The van der Waals surface area contributed by atoms with Gasteiger partial charge in [-0.15, -0.1) is 24.8 Å². The van der Waals surface area contributed by atoms with Gasteiger partial charge in [-0.05, 0) is 42.5 Å². The molecule has 2 aliphatic rings. The average molecular weight is 386 g/mol. The van der Waals surface area contributed by atoms with Crippen LogP contribution >= 0.6 is 36.4 Å². The lowest BCUT2D eigenvalue weighted by Crippen LogP contribution is -2.47. The van der Waals surface area contributed by atoms with Crippen LogP contribution in [0.25, 0.3) is 0 Å². The standard InChI is InChI=1S/C16H22ClFN2O.2ClH/c17-14-9-13(10-15(18)11-14)16(12-1-7-21-8-2-12)20-5-3-19-4-6-20;;/h9-12,16,19H,1-8H2;2*1H/t16-;;/m1../s1. The summed E-state index contributed by atoms with van der Waals surface area (Å²) in [7, 11) is 0. The largest absolute Gasteiger partial charge is 0.381 e. The monoisotopic (exact) mass is 384 g/mol. The first-order valence-corrected chi connectivity index (χ1v) is 8.10. The van der Waals surface area contributed by atoms with Gasteiger partial charge in [-0.1, -0.05) is 11.6 Å². The van der Waals surface area contributed by atoms with Crippen molar-refractivity contribution in [3.8, 4) is 0 Å². The van der Waals surface area contributed by atoms with Crippen LogP contribution in [0.5, 0.6) is 0 Å². The molecule has 3 rings (SSSR count). The van der Waals surface area contributed by atoms with Gasteiger partial charge in [0.2, 0.25) is 0 Å². The molecular weight excluding hydrogens is 362 g/mol. The Balaban J connectivity index is 0.00000132. The third kappa shape index (κ3) is 5.45. The van der Waals surface area contributed by atoms with Crippen LogP contribution in [0.15, 0.2) is 18.2 Å². The highest BCUT2D eigenvalue weighted by atomic mass is 35.5. The maximum atomic E-state index is 13.8. The molecule has 2 heterocycles. The van der Waals surface area contributed by atoms with E-state index >= 15 is 0 Å². The van der Waals surface area contributed by atoms with E-state index < -0.39 is 0 Å². The SMILES string of the molecule is Cl.Cl.Fc1cc(Cl)cc([C@@H](C2CCOCC2)N2CCNCC2)c1. The lowest BCUT2D eigenvalue weighted by molar-refractivity contribution is 0.0212. The van der Waals surface area contributed by atoms with E-state index in [2.05, 4.69) is 10.2 Å². The topological polar surface area (TPSA) is 24.5 Å². The number of halogens is 4.